The van der Waals surface area contributed by atoms with E-state index in [0.29, 0.717) is 23.9 Å². The summed E-state index contributed by atoms with van der Waals surface area (Å²) in [5.41, 5.74) is 0. The summed E-state index contributed by atoms with van der Waals surface area (Å²) in [6.45, 7) is 6.66. The van der Waals surface area contributed by atoms with Crippen LogP contribution in [-0.4, -0.2) is 69.4 Å². The highest BCUT2D eigenvalue weighted by molar-refractivity contribution is 7.45. The molecule has 3 unspecified atom stereocenters. The average Bonchev–Trinajstić information content (AvgIpc) is 3.31. The Labute approximate surface area is 425 Å². The molecule has 0 aromatic carbocycles. The molecule has 0 saturated heterocycles. The van der Waals surface area contributed by atoms with Crippen molar-refractivity contribution in [3.8, 4) is 0 Å². The summed E-state index contributed by atoms with van der Waals surface area (Å²) >= 11 is 0. The molecule has 1 amide bonds. The minimum absolute atomic E-state index is 0.0341. The van der Waals surface area contributed by atoms with E-state index in [1.807, 2.05) is 33.3 Å². The second kappa shape index (κ2) is 48.8. The largest absolute Gasteiger partial charge is 0.756 e. The molecule has 398 valence electrons. The topological polar surface area (TPSA) is 114 Å². The highest BCUT2D eigenvalue weighted by Gasteiger charge is 2.27. The molecule has 0 aliphatic heterocycles. The van der Waals surface area contributed by atoms with Gasteiger partial charge in [-0.3, -0.25) is 14.2 Å². The summed E-state index contributed by atoms with van der Waals surface area (Å²) in [5.74, 6) is -0.603. The highest BCUT2D eigenvalue weighted by Crippen LogP contribution is 2.38. The summed E-state index contributed by atoms with van der Waals surface area (Å²) in [5, 5.41) is 2.99. The number of ether oxygens (including phenoxy) is 1. The number of hydrogen-bond donors (Lipinski definition) is 1. The van der Waals surface area contributed by atoms with Crippen LogP contribution < -0.4 is 10.2 Å². The number of carbonyl (C=O) groups is 2. The maximum absolute atomic E-state index is 13.4. The second-order valence-corrected chi connectivity index (χ2v) is 21.1. The van der Waals surface area contributed by atoms with Crippen LogP contribution in [0.5, 0.6) is 0 Å². The van der Waals surface area contributed by atoms with Crippen LogP contribution in [0, 0.1) is 0 Å². The van der Waals surface area contributed by atoms with E-state index in [1.165, 1.54) is 83.5 Å². The van der Waals surface area contributed by atoms with Crippen molar-refractivity contribution in [1.82, 2.24) is 5.32 Å². The van der Waals surface area contributed by atoms with Crippen LogP contribution >= 0.6 is 7.82 Å². The standard InChI is InChI=1S/C59H105N2O7P/c1-7-10-13-16-19-22-25-27-28-29-30-31-32-34-37-40-43-46-49-52-59(63)68-57(50-47-44-41-38-35-24-21-18-15-12-9-3)56(55-67-69(64,65)66-54-53-61(4,5)6)60-58(62)51-48-45-42-39-36-33-26-23-20-17-14-11-8-2/h10,13,19,22,27-28,30-31,33-34,36-37,47,50,56-57H,7-9,11-12,14-18,20-21,23-26,29,32,35,38-46,48-49,51-55H2,1-6H3,(H-,60,62,64,65)/b13-10-,22-19-,28-27-,31-30-,36-33-,37-34-,50-47-. The van der Waals surface area contributed by atoms with Crippen LogP contribution in [-0.2, 0) is 27.9 Å². The molecule has 0 radical (unpaired) electrons. The van der Waals surface area contributed by atoms with Gasteiger partial charge in [0, 0.05) is 12.8 Å². The van der Waals surface area contributed by atoms with Gasteiger partial charge < -0.3 is 28.5 Å². The molecule has 10 heteroatoms. The maximum atomic E-state index is 13.4. The van der Waals surface area contributed by atoms with Crippen molar-refractivity contribution in [2.24, 2.45) is 0 Å². The molecule has 0 aromatic heterocycles. The molecule has 0 saturated carbocycles. The number of likely N-dealkylation sites (N-methyl/N-ethyl adjacent to an activating group) is 1. The number of carbonyl (C=O) groups excluding carboxylic acids is 2. The fourth-order valence-corrected chi connectivity index (χ4v) is 8.20. The van der Waals surface area contributed by atoms with Gasteiger partial charge >= 0.3 is 5.97 Å². The van der Waals surface area contributed by atoms with Crippen molar-refractivity contribution in [1.29, 1.82) is 0 Å². The van der Waals surface area contributed by atoms with Crippen molar-refractivity contribution in [3.63, 3.8) is 0 Å². The number of amides is 1. The number of nitrogens with zero attached hydrogens (tertiary/aromatic N) is 1. The first-order valence-electron chi connectivity index (χ1n) is 27.9. The number of phosphoric ester groups is 1. The van der Waals surface area contributed by atoms with Gasteiger partial charge in [-0.15, -0.1) is 0 Å². The summed E-state index contributed by atoms with van der Waals surface area (Å²) in [7, 11) is 1.15. The van der Waals surface area contributed by atoms with Crippen LogP contribution in [0.3, 0.4) is 0 Å². The third kappa shape index (κ3) is 49.9. The molecule has 0 aliphatic rings. The van der Waals surface area contributed by atoms with Gasteiger partial charge in [0.1, 0.15) is 19.3 Å². The first-order valence-corrected chi connectivity index (χ1v) is 29.4. The number of nitrogens with one attached hydrogen (secondary N) is 1. The molecule has 0 fully saturated rings. The van der Waals surface area contributed by atoms with Gasteiger partial charge in [0.05, 0.1) is 33.8 Å². The Morgan fingerprint density at radius 1 is 0.522 bits per heavy atom. The minimum atomic E-state index is -4.71. The van der Waals surface area contributed by atoms with E-state index >= 15 is 0 Å². The number of hydrogen-bond acceptors (Lipinski definition) is 7. The molecule has 0 spiro atoms. The highest BCUT2D eigenvalue weighted by atomic mass is 31.2. The lowest BCUT2D eigenvalue weighted by atomic mass is 10.1. The Morgan fingerprint density at radius 2 is 0.928 bits per heavy atom. The third-order valence-electron chi connectivity index (χ3n) is 11.8. The molecular weight excluding hydrogens is 880 g/mol. The zero-order valence-corrected chi connectivity index (χ0v) is 46.1. The minimum Gasteiger partial charge on any atom is -0.756 e. The van der Waals surface area contributed by atoms with Gasteiger partial charge in [0.15, 0.2) is 0 Å². The predicted molar refractivity (Wildman–Crippen MR) is 293 cm³/mol. The SMILES string of the molecule is CC/C=C\C/C=C\C/C=C\C/C=C\C/C=C\CCCCCC(=O)OC(/C=C\CCCCCCCCCCC)C(COP(=O)([O-])OCC[N+](C)(C)C)NC(=O)CCCCC/C=C\CCCCCCCC. The number of unbranched alkanes of at least 4 members (excludes halogenated alkanes) is 21. The van der Waals surface area contributed by atoms with Crippen LogP contribution in [0.1, 0.15) is 226 Å². The Hall–Kier alpha value is -2.81. The molecule has 0 bridgehead atoms. The maximum Gasteiger partial charge on any atom is 0.306 e. The van der Waals surface area contributed by atoms with E-state index in [-0.39, 0.29) is 31.3 Å². The third-order valence-corrected chi connectivity index (χ3v) is 12.8. The number of quaternary nitrogens is 1. The number of phosphoric acid groups is 1. The number of rotatable bonds is 49. The number of esters is 1. The molecule has 3 atom stereocenters. The quantitative estimate of drug-likeness (QED) is 0.0212. The normalized spacial score (nSPS) is 14.5. The van der Waals surface area contributed by atoms with E-state index in [2.05, 4.69) is 99.0 Å². The first-order chi connectivity index (χ1) is 33.4. The van der Waals surface area contributed by atoms with Gasteiger partial charge in [-0.25, -0.2) is 0 Å². The molecular formula is C59H105N2O7P. The lowest BCUT2D eigenvalue weighted by molar-refractivity contribution is -0.870. The van der Waals surface area contributed by atoms with Crippen molar-refractivity contribution in [2.75, 3.05) is 40.9 Å². The molecule has 69 heavy (non-hydrogen) atoms. The van der Waals surface area contributed by atoms with Crippen molar-refractivity contribution in [3.05, 3.63) is 85.1 Å². The Kier molecular flexibility index (Phi) is 46.8. The predicted octanol–water partition coefficient (Wildman–Crippen LogP) is 16.0. The molecule has 0 heterocycles. The fraction of sp³-hybridized carbons (Fsp3) is 0.729. The van der Waals surface area contributed by atoms with Crippen LogP contribution in [0.2, 0.25) is 0 Å². The lowest BCUT2D eigenvalue weighted by Gasteiger charge is -2.30. The van der Waals surface area contributed by atoms with Crippen molar-refractivity contribution < 1.29 is 37.3 Å². The van der Waals surface area contributed by atoms with E-state index in [1.54, 1.807) is 0 Å². The van der Waals surface area contributed by atoms with Gasteiger partial charge in [-0.1, -0.05) is 196 Å². The van der Waals surface area contributed by atoms with Gasteiger partial charge in [0.25, 0.3) is 7.82 Å². The van der Waals surface area contributed by atoms with Gasteiger partial charge in [-0.05, 0) is 102 Å². The van der Waals surface area contributed by atoms with Crippen LogP contribution in [0.15, 0.2) is 85.1 Å². The van der Waals surface area contributed by atoms with Crippen molar-refractivity contribution in [2.45, 2.75) is 238 Å². The second-order valence-electron chi connectivity index (χ2n) is 19.7. The Bertz CT molecular complexity index is 1460. The van der Waals surface area contributed by atoms with E-state index < -0.39 is 26.6 Å². The van der Waals surface area contributed by atoms with Gasteiger partial charge in [-0.2, -0.15) is 0 Å². The first kappa shape index (κ1) is 66.2. The van der Waals surface area contributed by atoms with E-state index in [4.69, 9.17) is 13.8 Å². The molecule has 0 rings (SSSR count). The summed E-state index contributed by atoms with van der Waals surface area (Å²) < 4.78 is 30.1. The van der Waals surface area contributed by atoms with Crippen molar-refractivity contribution >= 4 is 19.7 Å². The lowest BCUT2D eigenvalue weighted by Crippen LogP contribution is -2.47. The van der Waals surface area contributed by atoms with Crippen LogP contribution in [0.25, 0.3) is 0 Å². The molecule has 9 nitrogen and oxygen atoms in total. The van der Waals surface area contributed by atoms with Gasteiger partial charge in [0.2, 0.25) is 5.91 Å². The fourth-order valence-electron chi connectivity index (χ4n) is 7.48. The van der Waals surface area contributed by atoms with E-state index in [0.717, 1.165) is 96.3 Å². The number of allylic oxidation sites excluding steroid dienone is 13. The Balaban J connectivity index is 5.42. The Morgan fingerprint density at radius 3 is 1.41 bits per heavy atom. The van der Waals surface area contributed by atoms with Crippen LogP contribution in [0.4, 0.5) is 0 Å². The zero-order chi connectivity index (χ0) is 50.8. The smallest absolute Gasteiger partial charge is 0.306 e. The zero-order valence-electron chi connectivity index (χ0n) is 45.2. The summed E-state index contributed by atoms with van der Waals surface area (Å²) in [6.07, 6.45) is 62.6. The summed E-state index contributed by atoms with van der Waals surface area (Å²) in [6, 6.07) is -0.912. The molecule has 0 aliphatic carbocycles. The monoisotopic (exact) mass is 985 g/mol. The average molecular weight is 985 g/mol. The molecule has 0 aromatic rings. The molecule has 1 N–H and O–H groups in total. The summed E-state index contributed by atoms with van der Waals surface area (Å²) in [4.78, 5) is 39.7. The van der Waals surface area contributed by atoms with E-state index in [9.17, 15) is 19.0 Å².